The van der Waals surface area contributed by atoms with Crippen molar-refractivity contribution in [1.82, 2.24) is 0 Å². The molecular formula is C15H20O3. The molecule has 3 heteroatoms. The van der Waals surface area contributed by atoms with Crippen molar-refractivity contribution in [2.75, 3.05) is 0 Å². The number of aromatic hydroxyl groups is 1. The van der Waals surface area contributed by atoms with Crippen molar-refractivity contribution in [3.05, 3.63) is 23.3 Å². The first-order valence-corrected chi connectivity index (χ1v) is 6.36. The highest BCUT2D eigenvalue weighted by Crippen LogP contribution is 2.39. The highest BCUT2D eigenvalue weighted by Gasteiger charge is 2.34. The van der Waals surface area contributed by atoms with Crippen LogP contribution in [-0.2, 0) is 6.42 Å². The molecule has 0 unspecified atom stereocenters. The van der Waals surface area contributed by atoms with Crippen LogP contribution in [-0.4, -0.2) is 16.5 Å². The molecule has 3 nitrogen and oxygen atoms in total. The van der Waals surface area contributed by atoms with Crippen LogP contribution in [0.2, 0.25) is 0 Å². The average molecular weight is 248 g/mol. The summed E-state index contributed by atoms with van der Waals surface area (Å²) < 4.78 is 5.81. The third-order valence-corrected chi connectivity index (χ3v) is 3.04. The molecule has 98 valence electrons. The van der Waals surface area contributed by atoms with Crippen molar-refractivity contribution < 1.29 is 14.6 Å². The van der Waals surface area contributed by atoms with Crippen molar-refractivity contribution in [3.63, 3.8) is 0 Å². The molecule has 0 saturated heterocycles. The molecule has 2 rings (SSSR count). The minimum absolute atomic E-state index is 0.0450. The van der Waals surface area contributed by atoms with Gasteiger partial charge in [0.05, 0.1) is 6.42 Å². The van der Waals surface area contributed by atoms with E-state index in [1.54, 1.807) is 6.07 Å². The minimum atomic E-state index is -0.493. The summed E-state index contributed by atoms with van der Waals surface area (Å²) in [6, 6.07) is 3.56. The Bertz CT molecular complexity index is 487. The number of hydrogen-bond acceptors (Lipinski definition) is 3. The van der Waals surface area contributed by atoms with Crippen LogP contribution in [0, 0.1) is 5.92 Å². The third kappa shape index (κ3) is 2.50. The molecule has 18 heavy (non-hydrogen) atoms. The molecule has 1 heterocycles. The smallest absolute Gasteiger partial charge is 0.174 e. The second kappa shape index (κ2) is 4.30. The van der Waals surface area contributed by atoms with Gasteiger partial charge in [-0.05, 0) is 43.9 Å². The van der Waals surface area contributed by atoms with Gasteiger partial charge in [-0.15, -0.1) is 0 Å². The largest absolute Gasteiger partial charge is 0.507 e. The minimum Gasteiger partial charge on any atom is -0.507 e. The molecule has 0 amide bonds. The Hall–Kier alpha value is -1.51. The van der Waals surface area contributed by atoms with Crippen LogP contribution in [0.4, 0.5) is 0 Å². The monoisotopic (exact) mass is 248 g/mol. The third-order valence-electron chi connectivity index (χ3n) is 3.04. The van der Waals surface area contributed by atoms with E-state index in [4.69, 9.17) is 4.74 Å². The van der Waals surface area contributed by atoms with E-state index in [0.29, 0.717) is 23.7 Å². The highest BCUT2D eigenvalue weighted by molar-refractivity contribution is 6.02. The van der Waals surface area contributed by atoms with Gasteiger partial charge >= 0.3 is 0 Å². The summed E-state index contributed by atoms with van der Waals surface area (Å²) in [5.41, 5.74) is 0.848. The van der Waals surface area contributed by atoms with E-state index in [0.717, 1.165) is 12.0 Å². The normalized spacial score (nSPS) is 17.5. The Kier molecular flexibility index (Phi) is 3.09. The number of fused-ring (bicyclic) bond motifs is 1. The van der Waals surface area contributed by atoms with Gasteiger partial charge in [-0.25, -0.2) is 0 Å². The van der Waals surface area contributed by atoms with E-state index in [2.05, 4.69) is 13.8 Å². The quantitative estimate of drug-likeness (QED) is 0.873. The molecule has 1 aromatic carbocycles. The maximum absolute atomic E-state index is 12.0. The lowest BCUT2D eigenvalue weighted by atomic mass is 9.90. The summed E-state index contributed by atoms with van der Waals surface area (Å²) in [5, 5.41) is 9.99. The SMILES string of the molecule is CC(C)Cc1cc(O)c2c(c1)OC(C)(C)CC2=O. The number of Topliss-reactive ketones (excluding diaryl/α,β-unsaturated/α-hetero) is 1. The Morgan fingerprint density at radius 3 is 2.67 bits per heavy atom. The van der Waals surface area contributed by atoms with E-state index in [-0.39, 0.29) is 11.5 Å². The number of phenols is 1. The molecule has 1 N–H and O–H groups in total. The van der Waals surface area contributed by atoms with Crippen LogP contribution in [0.15, 0.2) is 12.1 Å². The van der Waals surface area contributed by atoms with E-state index < -0.39 is 5.60 Å². The van der Waals surface area contributed by atoms with Crippen LogP contribution in [0.25, 0.3) is 0 Å². The van der Waals surface area contributed by atoms with Crippen LogP contribution >= 0.6 is 0 Å². The zero-order valence-electron chi connectivity index (χ0n) is 11.4. The topological polar surface area (TPSA) is 46.5 Å². The van der Waals surface area contributed by atoms with E-state index in [1.165, 1.54) is 0 Å². The number of carbonyl (C=O) groups excluding carboxylic acids is 1. The van der Waals surface area contributed by atoms with Crippen molar-refractivity contribution in [2.24, 2.45) is 5.92 Å². The zero-order valence-corrected chi connectivity index (χ0v) is 11.4. The Labute approximate surface area is 108 Å². The molecule has 0 radical (unpaired) electrons. The second-order valence-electron chi connectivity index (χ2n) is 6.05. The lowest BCUT2D eigenvalue weighted by molar-refractivity contribution is 0.0614. The Balaban J connectivity index is 2.46. The summed E-state index contributed by atoms with van der Waals surface area (Å²) >= 11 is 0. The predicted octanol–water partition coefficient (Wildman–Crippen LogP) is 3.33. The molecular weight excluding hydrogens is 228 g/mol. The molecule has 0 spiro atoms. The number of carbonyl (C=O) groups is 1. The van der Waals surface area contributed by atoms with Crippen molar-refractivity contribution in [1.29, 1.82) is 0 Å². The first kappa shape index (κ1) is 12.9. The van der Waals surface area contributed by atoms with Crippen LogP contribution in [0.3, 0.4) is 0 Å². The zero-order chi connectivity index (χ0) is 13.5. The van der Waals surface area contributed by atoms with E-state index in [9.17, 15) is 9.90 Å². The van der Waals surface area contributed by atoms with Gasteiger partial charge in [0.2, 0.25) is 0 Å². The van der Waals surface area contributed by atoms with Gasteiger partial charge in [0.1, 0.15) is 22.7 Å². The number of phenolic OH excluding ortho intramolecular Hbond substituents is 1. The summed E-state index contributed by atoms with van der Waals surface area (Å²) in [4.78, 5) is 12.0. The number of hydrogen-bond donors (Lipinski definition) is 1. The Morgan fingerprint density at radius 2 is 2.06 bits per heavy atom. The fraction of sp³-hybridized carbons (Fsp3) is 0.533. The summed E-state index contributed by atoms with van der Waals surface area (Å²) in [5.74, 6) is 1.01. The molecule has 1 aliphatic rings. The summed E-state index contributed by atoms with van der Waals surface area (Å²) in [7, 11) is 0. The van der Waals surface area contributed by atoms with Crippen LogP contribution < -0.4 is 4.74 Å². The second-order valence-corrected chi connectivity index (χ2v) is 6.05. The van der Waals surface area contributed by atoms with E-state index in [1.807, 2.05) is 19.9 Å². The van der Waals surface area contributed by atoms with Gasteiger partial charge in [0.15, 0.2) is 5.78 Å². The summed E-state index contributed by atoms with van der Waals surface area (Å²) in [6.07, 6.45) is 1.16. The molecule has 0 aliphatic carbocycles. The van der Waals surface area contributed by atoms with E-state index >= 15 is 0 Å². The van der Waals surface area contributed by atoms with Crippen molar-refractivity contribution in [2.45, 2.75) is 46.1 Å². The molecule has 0 atom stereocenters. The Morgan fingerprint density at radius 1 is 1.39 bits per heavy atom. The molecule has 0 saturated carbocycles. The van der Waals surface area contributed by atoms with Crippen molar-refractivity contribution >= 4 is 5.78 Å². The lowest BCUT2D eigenvalue weighted by Crippen LogP contribution is -2.36. The number of benzene rings is 1. The van der Waals surface area contributed by atoms with Crippen LogP contribution in [0.5, 0.6) is 11.5 Å². The first-order valence-electron chi connectivity index (χ1n) is 6.36. The number of ketones is 1. The maximum Gasteiger partial charge on any atom is 0.174 e. The molecule has 0 bridgehead atoms. The van der Waals surface area contributed by atoms with Gasteiger partial charge in [0, 0.05) is 0 Å². The molecule has 0 fully saturated rings. The predicted molar refractivity (Wildman–Crippen MR) is 70.3 cm³/mol. The first-order chi connectivity index (χ1) is 8.28. The van der Waals surface area contributed by atoms with Gasteiger partial charge < -0.3 is 9.84 Å². The standard InChI is InChI=1S/C15H20O3/c1-9(2)5-10-6-11(16)14-12(17)8-15(3,4)18-13(14)7-10/h6-7,9,16H,5,8H2,1-4H3. The van der Waals surface area contributed by atoms with Crippen molar-refractivity contribution in [3.8, 4) is 11.5 Å². The van der Waals surface area contributed by atoms with Gasteiger partial charge in [0.25, 0.3) is 0 Å². The van der Waals surface area contributed by atoms with Gasteiger partial charge in [-0.3, -0.25) is 4.79 Å². The van der Waals surface area contributed by atoms with Gasteiger partial charge in [-0.2, -0.15) is 0 Å². The van der Waals surface area contributed by atoms with Gasteiger partial charge in [-0.1, -0.05) is 13.8 Å². The molecule has 1 aliphatic heterocycles. The number of ether oxygens (including phenoxy) is 1. The fourth-order valence-corrected chi connectivity index (χ4v) is 2.42. The summed E-state index contributed by atoms with van der Waals surface area (Å²) in [6.45, 7) is 8.01. The highest BCUT2D eigenvalue weighted by atomic mass is 16.5. The lowest BCUT2D eigenvalue weighted by Gasteiger charge is -2.32. The molecule has 0 aromatic heterocycles. The van der Waals surface area contributed by atoms with Crippen LogP contribution in [0.1, 0.15) is 50.0 Å². The maximum atomic E-state index is 12.0. The average Bonchev–Trinajstić information content (AvgIpc) is 2.11. The fourth-order valence-electron chi connectivity index (χ4n) is 2.42. The molecule has 1 aromatic rings. The number of rotatable bonds is 2.